The van der Waals surface area contributed by atoms with Crippen LogP contribution in [0.1, 0.15) is 44.6 Å². The second kappa shape index (κ2) is 10.9. The van der Waals surface area contributed by atoms with E-state index in [0.717, 1.165) is 24.1 Å². The van der Waals surface area contributed by atoms with Crippen molar-refractivity contribution in [1.82, 2.24) is 20.5 Å². The van der Waals surface area contributed by atoms with Gasteiger partial charge in [-0.3, -0.25) is 9.89 Å². The van der Waals surface area contributed by atoms with Crippen molar-refractivity contribution in [2.24, 2.45) is 4.99 Å². The third-order valence-electron chi connectivity index (χ3n) is 5.18. The van der Waals surface area contributed by atoms with Gasteiger partial charge in [0.15, 0.2) is 5.96 Å². The Kier molecular flexibility index (Phi) is 8.90. The largest absolute Gasteiger partial charge is 0.478 e. The zero-order chi connectivity index (χ0) is 17.5. The summed E-state index contributed by atoms with van der Waals surface area (Å²) in [6.07, 6.45) is 8.54. The lowest BCUT2D eigenvalue weighted by Gasteiger charge is -2.24. The minimum Gasteiger partial charge on any atom is -0.478 e. The van der Waals surface area contributed by atoms with Gasteiger partial charge >= 0.3 is 0 Å². The zero-order valence-electron chi connectivity index (χ0n) is 15.9. The third kappa shape index (κ3) is 5.97. The van der Waals surface area contributed by atoms with E-state index in [0.29, 0.717) is 25.1 Å². The lowest BCUT2D eigenvalue weighted by molar-refractivity contribution is 0.242. The number of pyridine rings is 1. The lowest BCUT2D eigenvalue weighted by atomic mass is 10.2. The van der Waals surface area contributed by atoms with E-state index >= 15 is 0 Å². The summed E-state index contributed by atoms with van der Waals surface area (Å²) in [5, 5.41) is 6.98. The normalized spacial score (nSPS) is 21.5. The van der Waals surface area contributed by atoms with Crippen LogP contribution in [-0.2, 0) is 6.54 Å². The third-order valence-corrected chi connectivity index (χ3v) is 5.18. The summed E-state index contributed by atoms with van der Waals surface area (Å²) in [6, 6.07) is 5.28. The van der Waals surface area contributed by atoms with Gasteiger partial charge in [0.05, 0.1) is 6.61 Å². The number of ether oxygens (including phenoxy) is 1. The van der Waals surface area contributed by atoms with E-state index in [1.54, 1.807) is 6.20 Å². The number of nitrogens with zero attached hydrogens (tertiary/aromatic N) is 3. The first-order chi connectivity index (χ1) is 12.3. The number of halogens is 1. The predicted molar refractivity (Wildman–Crippen MR) is 116 cm³/mol. The molecule has 26 heavy (non-hydrogen) atoms. The molecule has 6 nitrogen and oxygen atoms in total. The second-order valence-electron chi connectivity index (χ2n) is 6.92. The van der Waals surface area contributed by atoms with Gasteiger partial charge in [-0.15, -0.1) is 24.0 Å². The smallest absolute Gasteiger partial charge is 0.213 e. The van der Waals surface area contributed by atoms with Crippen LogP contribution in [0.2, 0.25) is 0 Å². The highest BCUT2D eigenvalue weighted by Gasteiger charge is 2.30. The van der Waals surface area contributed by atoms with E-state index in [2.05, 4.69) is 25.5 Å². The highest BCUT2D eigenvalue weighted by molar-refractivity contribution is 14.0. The molecule has 0 radical (unpaired) electrons. The van der Waals surface area contributed by atoms with Gasteiger partial charge in [-0.25, -0.2) is 4.98 Å². The lowest BCUT2D eigenvalue weighted by Crippen LogP contribution is -2.45. The van der Waals surface area contributed by atoms with Crippen LogP contribution in [0.4, 0.5) is 0 Å². The topological polar surface area (TPSA) is 61.8 Å². The van der Waals surface area contributed by atoms with Crippen LogP contribution in [0, 0.1) is 0 Å². The summed E-state index contributed by atoms with van der Waals surface area (Å²) in [6.45, 7) is 5.65. The minimum absolute atomic E-state index is 0. The Labute approximate surface area is 174 Å². The Bertz CT molecular complexity index is 577. The maximum atomic E-state index is 5.46. The molecule has 2 heterocycles. The van der Waals surface area contributed by atoms with E-state index in [1.807, 2.05) is 26.1 Å². The predicted octanol–water partition coefficient (Wildman–Crippen LogP) is 2.78. The molecule has 1 aliphatic carbocycles. The minimum atomic E-state index is 0. The van der Waals surface area contributed by atoms with Crippen molar-refractivity contribution in [2.45, 2.75) is 57.7 Å². The van der Waals surface area contributed by atoms with Crippen LogP contribution >= 0.6 is 24.0 Å². The fourth-order valence-electron chi connectivity index (χ4n) is 3.87. The summed E-state index contributed by atoms with van der Waals surface area (Å²) < 4.78 is 5.46. The van der Waals surface area contributed by atoms with Crippen LogP contribution in [0.3, 0.4) is 0 Å². The molecule has 1 aliphatic heterocycles. The van der Waals surface area contributed by atoms with E-state index in [-0.39, 0.29) is 24.0 Å². The maximum absolute atomic E-state index is 5.46. The Hall–Kier alpha value is -1.09. The van der Waals surface area contributed by atoms with Crippen molar-refractivity contribution in [3.8, 4) is 5.88 Å². The Morgan fingerprint density at radius 3 is 2.88 bits per heavy atom. The first-order valence-electron chi connectivity index (χ1n) is 9.57. The number of likely N-dealkylation sites (tertiary alicyclic amines) is 1. The van der Waals surface area contributed by atoms with Crippen LogP contribution in [0.5, 0.6) is 5.88 Å². The number of nitrogens with one attached hydrogen (secondary N) is 2. The molecule has 2 aliphatic rings. The molecule has 1 aromatic heterocycles. The standard InChI is InChI=1S/C19H31N5O.HI/c1-3-25-18-12-15(8-10-21-18)13-22-19(20-2)23-16-9-11-24(14-16)17-6-4-5-7-17;/h8,10,12,16-17H,3-7,9,11,13-14H2,1-2H3,(H2,20,22,23);1H. The average molecular weight is 473 g/mol. The van der Waals surface area contributed by atoms with Crippen LogP contribution < -0.4 is 15.4 Å². The van der Waals surface area contributed by atoms with E-state index in [9.17, 15) is 0 Å². The molecule has 3 rings (SSSR count). The Morgan fingerprint density at radius 2 is 2.15 bits per heavy atom. The number of hydrogen-bond donors (Lipinski definition) is 2. The molecule has 1 unspecified atom stereocenters. The van der Waals surface area contributed by atoms with Crippen molar-refractivity contribution < 1.29 is 4.74 Å². The molecule has 0 aromatic carbocycles. The fraction of sp³-hybridized carbons (Fsp3) is 0.684. The van der Waals surface area contributed by atoms with Gasteiger partial charge in [0.2, 0.25) is 5.88 Å². The van der Waals surface area contributed by atoms with Crippen LogP contribution in [0.15, 0.2) is 23.3 Å². The summed E-state index contributed by atoms with van der Waals surface area (Å²) in [5.74, 6) is 1.54. The van der Waals surface area contributed by atoms with E-state index in [1.165, 1.54) is 38.6 Å². The molecule has 0 spiro atoms. The first kappa shape index (κ1) is 21.2. The number of hydrogen-bond acceptors (Lipinski definition) is 4. The zero-order valence-corrected chi connectivity index (χ0v) is 18.2. The molecule has 1 atom stereocenters. The highest BCUT2D eigenvalue weighted by Crippen LogP contribution is 2.26. The van der Waals surface area contributed by atoms with Gasteiger partial charge in [0, 0.05) is 51.0 Å². The van der Waals surface area contributed by atoms with Gasteiger partial charge in [0.1, 0.15) is 0 Å². The van der Waals surface area contributed by atoms with Crippen molar-refractivity contribution in [2.75, 3.05) is 26.7 Å². The highest BCUT2D eigenvalue weighted by atomic mass is 127. The molecular formula is C19H32IN5O. The summed E-state index contributed by atoms with van der Waals surface area (Å²) in [4.78, 5) is 11.2. The molecular weight excluding hydrogens is 441 g/mol. The fourth-order valence-corrected chi connectivity index (χ4v) is 3.87. The Morgan fingerprint density at radius 1 is 1.35 bits per heavy atom. The van der Waals surface area contributed by atoms with Crippen LogP contribution in [-0.4, -0.2) is 54.7 Å². The molecule has 2 fully saturated rings. The van der Waals surface area contributed by atoms with Crippen molar-refractivity contribution in [3.63, 3.8) is 0 Å². The van der Waals surface area contributed by atoms with Gasteiger partial charge < -0.3 is 15.4 Å². The second-order valence-corrected chi connectivity index (χ2v) is 6.92. The number of aromatic nitrogens is 1. The number of guanidine groups is 1. The molecule has 7 heteroatoms. The molecule has 1 aromatic rings. The van der Waals surface area contributed by atoms with Crippen molar-refractivity contribution in [3.05, 3.63) is 23.9 Å². The van der Waals surface area contributed by atoms with E-state index in [4.69, 9.17) is 4.74 Å². The van der Waals surface area contributed by atoms with Gasteiger partial charge in [-0.1, -0.05) is 12.8 Å². The monoisotopic (exact) mass is 473 g/mol. The molecule has 1 saturated carbocycles. The molecule has 2 N–H and O–H groups in total. The Balaban J connectivity index is 0.00000243. The quantitative estimate of drug-likeness (QED) is 0.378. The molecule has 146 valence electrons. The van der Waals surface area contributed by atoms with Gasteiger partial charge in [-0.05, 0) is 37.8 Å². The van der Waals surface area contributed by atoms with Gasteiger partial charge in [-0.2, -0.15) is 0 Å². The first-order valence-corrected chi connectivity index (χ1v) is 9.57. The molecule has 0 bridgehead atoms. The summed E-state index contributed by atoms with van der Waals surface area (Å²) in [7, 11) is 1.83. The SMILES string of the molecule is CCOc1cc(CNC(=NC)NC2CCN(C3CCCC3)C2)ccn1.I. The summed E-state index contributed by atoms with van der Waals surface area (Å²) in [5.41, 5.74) is 1.14. The maximum Gasteiger partial charge on any atom is 0.213 e. The molecule has 1 saturated heterocycles. The van der Waals surface area contributed by atoms with Crippen molar-refractivity contribution in [1.29, 1.82) is 0 Å². The summed E-state index contributed by atoms with van der Waals surface area (Å²) >= 11 is 0. The molecule has 0 amide bonds. The van der Waals surface area contributed by atoms with Crippen LogP contribution in [0.25, 0.3) is 0 Å². The average Bonchev–Trinajstić information content (AvgIpc) is 3.30. The number of aliphatic imine (C=N–C) groups is 1. The van der Waals surface area contributed by atoms with Gasteiger partial charge in [0.25, 0.3) is 0 Å². The van der Waals surface area contributed by atoms with Crippen molar-refractivity contribution >= 4 is 29.9 Å². The van der Waals surface area contributed by atoms with E-state index < -0.39 is 0 Å². The number of rotatable bonds is 6.